The Bertz CT molecular complexity index is 2690. The number of thioether (sulfide) groups is 1. The van der Waals surface area contributed by atoms with Crippen LogP contribution in [0.2, 0.25) is 0 Å². The number of nitrogens with one attached hydrogen (secondary N) is 2. The van der Waals surface area contributed by atoms with E-state index in [0.29, 0.717) is 44.1 Å². The molecule has 2 saturated heterocycles. The van der Waals surface area contributed by atoms with Crippen LogP contribution in [0.1, 0.15) is 74.4 Å². The maximum atomic E-state index is 13.9. The number of nitrogens with zero attached hydrogens (tertiary/aromatic N) is 4. The number of halogens is 3. The van der Waals surface area contributed by atoms with Gasteiger partial charge in [-0.25, -0.2) is 4.98 Å². The van der Waals surface area contributed by atoms with Crippen LogP contribution in [0.3, 0.4) is 0 Å². The van der Waals surface area contributed by atoms with E-state index in [4.69, 9.17) is 24.2 Å². The number of thiazole rings is 1. The molecule has 4 aromatic rings. The third-order valence-electron chi connectivity index (χ3n) is 11.6. The second kappa shape index (κ2) is 25.5. The second-order valence-electron chi connectivity index (χ2n) is 18.3. The molecule has 4 N–H and O–H groups in total. The molecule has 3 atom stereocenters. The van der Waals surface area contributed by atoms with Crippen LogP contribution in [-0.2, 0) is 46.1 Å². The van der Waals surface area contributed by atoms with E-state index in [2.05, 4.69) is 15.6 Å². The zero-order chi connectivity index (χ0) is 52.9. The molecule has 0 bridgehead atoms. The van der Waals surface area contributed by atoms with Crippen LogP contribution in [0.4, 0.5) is 18.0 Å². The molecule has 1 unspecified atom stereocenters. The lowest BCUT2D eigenvalue weighted by molar-refractivity contribution is -0.144. The Morgan fingerprint density at radius 3 is 2.30 bits per heavy atom. The van der Waals surface area contributed by atoms with Crippen molar-refractivity contribution < 1.29 is 66.3 Å². The molecule has 22 heteroatoms. The van der Waals surface area contributed by atoms with Gasteiger partial charge >= 0.3 is 6.18 Å². The van der Waals surface area contributed by atoms with Gasteiger partial charge in [0.15, 0.2) is 11.5 Å². The lowest BCUT2D eigenvalue weighted by atomic mass is 9.85. The molecular formula is C51H57F3N6O11S2. The first-order chi connectivity index (χ1) is 34.7. The number of phenols is 1. The summed E-state index contributed by atoms with van der Waals surface area (Å²) in [6.45, 7) is 8.59. The van der Waals surface area contributed by atoms with Crippen LogP contribution in [-0.4, -0.2) is 125 Å². The van der Waals surface area contributed by atoms with Crippen molar-refractivity contribution in [3.63, 3.8) is 0 Å². The van der Waals surface area contributed by atoms with Gasteiger partial charge in [-0.2, -0.15) is 18.4 Å². The number of alkyl halides is 3. The Morgan fingerprint density at radius 1 is 0.945 bits per heavy atom. The van der Waals surface area contributed by atoms with E-state index in [0.717, 1.165) is 50.5 Å². The summed E-state index contributed by atoms with van der Waals surface area (Å²) in [5, 5.41) is 35.2. The van der Waals surface area contributed by atoms with E-state index >= 15 is 0 Å². The molecule has 0 radical (unpaired) electrons. The fourth-order valence-electron chi connectivity index (χ4n) is 7.82. The van der Waals surface area contributed by atoms with Gasteiger partial charge in [0.05, 0.1) is 70.7 Å². The zero-order valence-electron chi connectivity index (χ0n) is 40.7. The number of rotatable bonds is 23. The molecule has 0 saturated carbocycles. The number of amides is 5. The van der Waals surface area contributed by atoms with Crippen molar-refractivity contribution in [1.29, 1.82) is 5.26 Å². The van der Waals surface area contributed by atoms with Gasteiger partial charge in [0.2, 0.25) is 17.7 Å². The van der Waals surface area contributed by atoms with E-state index in [9.17, 15) is 47.4 Å². The highest BCUT2D eigenvalue weighted by atomic mass is 32.2. The predicted molar refractivity (Wildman–Crippen MR) is 265 cm³/mol. The largest absolute Gasteiger partial charge is 0.504 e. The van der Waals surface area contributed by atoms with Crippen LogP contribution in [0, 0.1) is 23.7 Å². The molecule has 0 aliphatic carbocycles. The van der Waals surface area contributed by atoms with Crippen LogP contribution in [0.25, 0.3) is 16.5 Å². The standard InChI is InChI=1S/C51H57F3N6O11S2/c1-31-44(72-30-57-31)35-12-8-32(9-13-35)27-56-46(64)38-25-36(61)28-60(38)48(66)45(50(2,3)4)58-43(63)29-70-21-20-69-19-18-68-17-7-5-6-16-59-47(65)42(73-49(59)67)24-33-10-15-41(39(62)23-33)71-40-14-11-34(26-55)22-37(40)51(52,53)54/h8-15,22-24,30,36,38,45,61-62H,5-7,16-21,25,27-29H2,1-4H3,(H,56,64)(H,58,63)/b42-24-/t36-,38?,45-/m1/s1. The molecule has 6 rings (SSSR count). The number of aromatic hydroxyl groups is 1. The number of nitriles is 1. The van der Waals surface area contributed by atoms with E-state index in [1.165, 1.54) is 29.2 Å². The number of likely N-dealkylation sites (tertiary alicyclic amines) is 1. The van der Waals surface area contributed by atoms with Gasteiger partial charge in [-0.05, 0) is 96.5 Å². The molecule has 0 spiro atoms. The van der Waals surface area contributed by atoms with Gasteiger partial charge in [-0.3, -0.25) is 28.9 Å². The maximum Gasteiger partial charge on any atom is 0.420 e. The summed E-state index contributed by atoms with van der Waals surface area (Å²) < 4.78 is 62.7. The van der Waals surface area contributed by atoms with Gasteiger partial charge in [-0.15, -0.1) is 11.3 Å². The number of aryl methyl sites for hydroxylation is 1. The number of hydrogen-bond acceptors (Lipinski definition) is 15. The molecule has 2 fully saturated rings. The van der Waals surface area contributed by atoms with Crippen LogP contribution < -0.4 is 15.4 Å². The first-order valence-electron chi connectivity index (χ1n) is 23.4. The van der Waals surface area contributed by atoms with Gasteiger partial charge in [0, 0.05) is 32.7 Å². The smallest absolute Gasteiger partial charge is 0.420 e. The van der Waals surface area contributed by atoms with E-state index in [-0.39, 0.29) is 68.7 Å². The normalized spacial score (nSPS) is 17.0. The third kappa shape index (κ3) is 15.6. The summed E-state index contributed by atoms with van der Waals surface area (Å²) >= 11 is 2.28. The Labute approximate surface area is 428 Å². The summed E-state index contributed by atoms with van der Waals surface area (Å²) in [7, 11) is 0. The SMILES string of the molecule is Cc1ncsc1-c1ccc(CNC(=O)C2C[C@@H](O)CN2C(=O)[C@@H](NC(=O)COCCOCCOCCCCCN2C(=O)S/C(=C\c3ccc(Oc4ccc(C#N)cc4C(F)(F)F)c(O)c3)C2=O)C(C)(C)C)cc1. The van der Waals surface area contributed by atoms with Gasteiger partial charge in [0.25, 0.3) is 11.1 Å². The highest BCUT2D eigenvalue weighted by Crippen LogP contribution is 2.41. The number of ether oxygens (including phenoxy) is 4. The predicted octanol–water partition coefficient (Wildman–Crippen LogP) is 7.57. The van der Waals surface area contributed by atoms with Crippen molar-refractivity contribution in [2.24, 2.45) is 5.41 Å². The summed E-state index contributed by atoms with van der Waals surface area (Å²) in [5.74, 6) is -3.34. The van der Waals surface area contributed by atoms with Crippen LogP contribution in [0.5, 0.6) is 17.2 Å². The second-order valence-corrected chi connectivity index (χ2v) is 20.1. The number of unbranched alkanes of at least 4 members (excludes halogenated alkanes) is 2. The van der Waals surface area contributed by atoms with E-state index < -0.39 is 75.7 Å². The number of β-amino-alcohol motifs (C(OH)–C–C–N with tert-alkyl or cyclic N) is 1. The summed E-state index contributed by atoms with van der Waals surface area (Å²) in [6.07, 6.45) is -2.44. The highest BCUT2D eigenvalue weighted by molar-refractivity contribution is 8.18. The average molecular weight is 1050 g/mol. The minimum atomic E-state index is -4.82. The maximum absolute atomic E-state index is 13.9. The molecule has 1 aromatic heterocycles. The van der Waals surface area contributed by atoms with Crippen molar-refractivity contribution in [3.8, 4) is 33.8 Å². The molecule has 17 nitrogen and oxygen atoms in total. The number of carbonyl (C=O) groups excluding carboxylic acids is 5. The number of carbonyl (C=O) groups is 5. The number of hydrogen-bond donors (Lipinski definition) is 4. The number of aromatic nitrogens is 1. The number of aliphatic hydroxyl groups excluding tert-OH is 1. The molecule has 3 heterocycles. The lowest BCUT2D eigenvalue weighted by Gasteiger charge is -2.35. The number of imide groups is 1. The topological polar surface area (TPSA) is 230 Å². The van der Waals surface area contributed by atoms with Gasteiger partial charge in [-0.1, -0.05) is 51.1 Å². The average Bonchev–Trinajstić information content (AvgIpc) is 4.04. The fraction of sp³-hybridized carbons (Fsp3) is 0.431. The Kier molecular flexibility index (Phi) is 19.6. The fourth-order valence-corrected chi connectivity index (χ4v) is 9.50. The third-order valence-corrected chi connectivity index (χ3v) is 13.5. The van der Waals surface area contributed by atoms with Crippen molar-refractivity contribution >= 4 is 58.0 Å². The quantitative estimate of drug-likeness (QED) is 0.0415. The minimum Gasteiger partial charge on any atom is -0.504 e. The first kappa shape index (κ1) is 56.0. The Morgan fingerprint density at radius 2 is 1.64 bits per heavy atom. The molecule has 73 heavy (non-hydrogen) atoms. The Hall–Kier alpha value is -6.35. The highest BCUT2D eigenvalue weighted by Gasteiger charge is 2.44. The molecule has 3 aromatic carbocycles. The Balaban J connectivity index is 0.827. The zero-order valence-corrected chi connectivity index (χ0v) is 42.3. The van der Waals surface area contributed by atoms with Crippen molar-refractivity contribution in [2.75, 3.05) is 52.7 Å². The van der Waals surface area contributed by atoms with Crippen molar-refractivity contribution in [2.45, 2.75) is 84.3 Å². The minimum absolute atomic E-state index is 0.0506. The van der Waals surface area contributed by atoms with Crippen molar-refractivity contribution in [1.82, 2.24) is 25.4 Å². The monoisotopic (exact) mass is 1050 g/mol. The van der Waals surface area contributed by atoms with E-state index in [1.54, 1.807) is 43.7 Å². The molecule has 2 aliphatic rings. The first-order valence-corrected chi connectivity index (χ1v) is 25.1. The number of aliphatic hydroxyl groups is 1. The molecule has 5 amide bonds. The van der Waals surface area contributed by atoms with Crippen LogP contribution >= 0.6 is 23.1 Å². The molecular weight excluding hydrogens is 994 g/mol. The van der Waals surface area contributed by atoms with Crippen LogP contribution in [0.15, 0.2) is 71.1 Å². The van der Waals surface area contributed by atoms with E-state index in [1.807, 2.05) is 31.2 Å². The van der Waals surface area contributed by atoms with Gasteiger partial charge in [0.1, 0.15) is 24.4 Å². The summed E-state index contributed by atoms with van der Waals surface area (Å²) in [5.41, 5.74) is 2.79. The summed E-state index contributed by atoms with van der Waals surface area (Å²) in [6, 6.07) is 14.1. The lowest BCUT2D eigenvalue weighted by Crippen LogP contribution is -2.58. The molecule has 390 valence electrons. The number of phenolic OH excluding ortho intramolecular Hbond substituents is 1. The van der Waals surface area contributed by atoms with Gasteiger partial charge < -0.3 is 44.7 Å². The van der Waals surface area contributed by atoms with Crippen molar-refractivity contribution in [3.05, 3.63) is 99.0 Å². The molecule has 2 aliphatic heterocycles. The number of benzene rings is 3. The summed E-state index contributed by atoms with van der Waals surface area (Å²) in [4.78, 5) is 73.9.